The highest BCUT2D eigenvalue weighted by Crippen LogP contribution is 2.66. The number of fused-ring (bicyclic) bond motifs is 22. The van der Waals surface area contributed by atoms with Crippen molar-refractivity contribution in [2.75, 3.05) is 0 Å². The van der Waals surface area contributed by atoms with Crippen LogP contribution in [0.4, 0.5) is 0 Å². The Morgan fingerprint density at radius 1 is 0.288 bits per heavy atom. The smallest absolute Gasteiger partial charge is 0.140 e. The zero-order valence-corrected chi connectivity index (χ0v) is 32.0. The van der Waals surface area contributed by atoms with Gasteiger partial charge in [0.05, 0.1) is 10.8 Å². The van der Waals surface area contributed by atoms with Crippen molar-refractivity contribution in [2.24, 2.45) is 0 Å². The van der Waals surface area contributed by atoms with Gasteiger partial charge in [0.1, 0.15) is 11.5 Å². The fourth-order valence-corrected chi connectivity index (χ4v) is 11.9. The van der Waals surface area contributed by atoms with Crippen LogP contribution in [0, 0.1) is 0 Å². The maximum atomic E-state index is 7.14. The third-order valence-electron chi connectivity index (χ3n) is 14.1. The summed E-state index contributed by atoms with van der Waals surface area (Å²) >= 11 is 0. The van der Waals surface area contributed by atoms with Gasteiger partial charge in [0.25, 0.3) is 0 Å². The van der Waals surface area contributed by atoms with Gasteiger partial charge in [0.2, 0.25) is 0 Å². The van der Waals surface area contributed by atoms with Crippen molar-refractivity contribution in [3.05, 3.63) is 251 Å². The number of hydrogen-bond donors (Lipinski definition) is 0. The molecule has 0 aromatic heterocycles. The molecule has 0 saturated heterocycles. The first-order valence-electron chi connectivity index (χ1n) is 20.7. The van der Waals surface area contributed by atoms with E-state index in [1.165, 1.54) is 105 Å². The molecule has 0 bridgehead atoms. The van der Waals surface area contributed by atoms with E-state index in [0.29, 0.717) is 0 Å². The van der Waals surface area contributed by atoms with Gasteiger partial charge in [-0.2, -0.15) is 0 Å². The number of rotatable bonds is 1. The van der Waals surface area contributed by atoms with Crippen LogP contribution in [0.3, 0.4) is 0 Å². The quantitative estimate of drug-likeness (QED) is 0.163. The van der Waals surface area contributed by atoms with Gasteiger partial charge in [-0.1, -0.05) is 182 Å². The fraction of sp³-hybridized carbons (Fsp3) is 0.0345. The monoisotopic (exact) mass is 746 g/mol. The van der Waals surface area contributed by atoms with Gasteiger partial charge >= 0.3 is 0 Å². The molecule has 1 atom stereocenters. The van der Waals surface area contributed by atoms with E-state index >= 15 is 0 Å². The van der Waals surface area contributed by atoms with Crippen LogP contribution in [-0.4, -0.2) is 0 Å². The molecule has 4 aliphatic rings. The normalized spacial score (nSPS) is 16.5. The Morgan fingerprint density at radius 2 is 0.814 bits per heavy atom. The number of ether oxygens (including phenoxy) is 1. The molecular formula is C58H34O. The van der Waals surface area contributed by atoms with Crippen molar-refractivity contribution in [3.63, 3.8) is 0 Å². The van der Waals surface area contributed by atoms with E-state index < -0.39 is 10.8 Å². The standard InChI is InChI=1S/C58H34O/c1-2-16-37-33-52-45(32-36(37)15-1)43-20-7-11-25-48(43)57(52)49-26-12-8-21-44(49)55-39(22-13-27-50(55)57)38-29-31-54-53(34-38)58(51-30-28-35-14-3-4-17-40(35)56(51)59-54)46-23-9-5-18-41(46)42-19-6-10-24-47(42)58/h1-34H. The summed E-state index contributed by atoms with van der Waals surface area (Å²) in [6.07, 6.45) is 0. The van der Waals surface area contributed by atoms with Gasteiger partial charge in [-0.05, 0) is 118 Å². The van der Waals surface area contributed by atoms with Crippen LogP contribution in [0.25, 0.3) is 66.1 Å². The van der Waals surface area contributed by atoms with Crippen molar-refractivity contribution in [3.8, 4) is 56.0 Å². The highest BCUT2D eigenvalue weighted by Gasteiger charge is 2.54. The number of hydrogen-bond acceptors (Lipinski definition) is 1. The molecule has 59 heavy (non-hydrogen) atoms. The van der Waals surface area contributed by atoms with E-state index in [2.05, 4.69) is 206 Å². The third-order valence-corrected chi connectivity index (χ3v) is 14.1. The van der Waals surface area contributed by atoms with Crippen molar-refractivity contribution in [1.29, 1.82) is 0 Å². The lowest BCUT2D eigenvalue weighted by Gasteiger charge is -2.40. The fourth-order valence-electron chi connectivity index (χ4n) is 11.9. The molecule has 1 heterocycles. The summed E-state index contributed by atoms with van der Waals surface area (Å²) in [7, 11) is 0. The largest absolute Gasteiger partial charge is 0.456 e. The van der Waals surface area contributed by atoms with Gasteiger partial charge in [0.15, 0.2) is 0 Å². The maximum absolute atomic E-state index is 7.14. The molecule has 3 aliphatic carbocycles. The minimum Gasteiger partial charge on any atom is -0.456 e. The molecule has 14 rings (SSSR count). The average molecular weight is 747 g/mol. The summed E-state index contributed by atoms with van der Waals surface area (Å²) in [5, 5.41) is 4.85. The lowest BCUT2D eigenvalue weighted by atomic mass is 9.65. The Labute approximate surface area is 342 Å². The predicted octanol–water partition coefficient (Wildman–Crippen LogP) is 14.5. The van der Waals surface area contributed by atoms with Crippen molar-refractivity contribution >= 4 is 21.5 Å². The molecule has 1 nitrogen and oxygen atoms in total. The van der Waals surface area contributed by atoms with Gasteiger partial charge < -0.3 is 4.74 Å². The first-order chi connectivity index (χ1) is 29.3. The van der Waals surface area contributed by atoms with Crippen molar-refractivity contribution in [2.45, 2.75) is 10.8 Å². The first kappa shape index (κ1) is 31.6. The van der Waals surface area contributed by atoms with Crippen LogP contribution in [0.2, 0.25) is 0 Å². The maximum Gasteiger partial charge on any atom is 0.140 e. The van der Waals surface area contributed by atoms with Gasteiger partial charge in [-0.25, -0.2) is 0 Å². The molecule has 0 radical (unpaired) electrons. The lowest BCUT2D eigenvalue weighted by Crippen LogP contribution is -2.32. The van der Waals surface area contributed by atoms with Crippen LogP contribution in [0.5, 0.6) is 11.5 Å². The molecule has 272 valence electrons. The predicted molar refractivity (Wildman–Crippen MR) is 241 cm³/mol. The Hall–Kier alpha value is -7.48. The van der Waals surface area contributed by atoms with E-state index in [1.54, 1.807) is 0 Å². The van der Waals surface area contributed by atoms with E-state index in [1.807, 2.05) is 0 Å². The van der Waals surface area contributed by atoms with Crippen molar-refractivity contribution in [1.82, 2.24) is 0 Å². The van der Waals surface area contributed by atoms with Crippen LogP contribution in [0.1, 0.15) is 44.5 Å². The summed E-state index contributed by atoms with van der Waals surface area (Å²) in [6.45, 7) is 0. The minimum absolute atomic E-state index is 0.445. The first-order valence-corrected chi connectivity index (χ1v) is 20.7. The molecule has 2 spiro atoms. The molecule has 0 fully saturated rings. The molecule has 0 N–H and O–H groups in total. The summed E-state index contributed by atoms with van der Waals surface area (Å²) in [5.74, 6) is 1.84. The Bertz CT molecular complexity index is 3450. The van der Waals surface area contributed by atoms with Gasteiger partial charge in [-0.3, -0.25) is 0 Å². The van der Waals surface area contributed by atoms with Gasteiger partial charge in [-0.15, -0.1) is 0 Å². The topological polar surface area (TPSA) is 9.23 Å². The van der Waals surface area contributed by atoms with Crippen LogP contribution in [-0.2, 0) is 10.8 Å². The zero-order valence-electron chi connectivity index (χ0n) is 32.0. The second-order valence-corrected chi connectivity index (χ2v) is 16.6. The molecule has 0 amide bonds. The van der Waals surface area contributed by atoms with E-state index in [9.17, 15) is 0 Å². The summed E-state index contributed by atoms with van der Waals surface area (Å²) in [5.41, 5.74) is 19.6. The molecule has 1 heteroatoms. The molecular weight excluding hydrogens is 713 g/mol. The molecule has 10 aromatic rings. The Balaban J connectivity index is 1.07. The second-order valence-electron chi connectivity index (χ2n) is 16.6. The Morgan fingerprint density at radius 3 is 1.53 bits per heavy atom. The van der Waals surface area contributed by atoms with Crippen molar-refractivity contribution < 1.29 is 4.74 Å². The van der Waals surface area contributed by atoms with E-state index in [0.717, 1.165) is 16.9 Å². The summed E-state index contributed by atoms with van der Waals surface area (Å²) in [6, 6.07) is 77.2. The highest BCUT2D eigenvalue weighted by atomic mass is 16.5. The van der Waals surface area contributed by atoms with Crippen LogP contribution in [0.15, 0.2) is 206 Å². The number of benzene rings is 10. The average Bonchev–Trinajstić information content (AvgIpc) is 3.88. The summed E-state index contributed by atoms with van der Waals surface area (Å²) < 4.78 is 7.14. The molecule has 10 aromatic carbocycles. The van der Waals surface area contributed by atoms with Crippen LogP contribution < -0.4 is 4.74 Å². The SMILES string of the molecule is c1ccc2c(c1)-c1cc3ccccc3cc1C21c2ccccc2-c2c(-c3ccc4c(c3)C3(c5ccccc5-c5ccccc53)c3ccc5ccccc5c3O4)cccc21. The second kappa shape index (κ2) is 11.1. The minimum atomic E-state index is -0.572. The van der Waals surface area contributed by atoms with Gasteiger partial charge in [0, 0.05) is 16.5 Å². The van der Waals surface area contributed by atoms with Crippen LogP contribution >= 0.6 is 0 Å². The Kier molecular flexibility index (Phi) is 5.96. The molecule has 0 saturated carbocycles. The summed E-state index contributed by atoms with van der Waals surface area (Å²) in [4.78, 5) is 0. The molecule has 1 aliphatic heterocycles. The van der Waals surface area contributed by atoms with E-state index in [-0.39, 0.29) is 0 Å². The lowest BCUT2D eigenvalue weighted by molar-refractivity contribution is 0.442. The zero-order chi connectivity index (χ0) is 38.5. The molecule has 1 unspecified atom stereocenters. The third kappa shape index (κ3) is 3.73. The van der Waals surface area contributed by atoms with E-state index in [4.69, 9.17) is 4.74 Å². The highest BCUT2D eigenvalue weighted by molar-refractivity contribution is 6.03.